The second-order valence-corrected chi connectivity index (χ2v) is 10.1. The lowest BCUT2D eigenvalue weighted by Crippen LogP contribution is -2.51. The molecule has 5 aliphatic rings. The van der Waals surface area contributed by atoms with Crippen molar-refractivity contribution in [1.82, 2.24) is 34.7 Å². The van der Waals surface area contributed by atoms with Gasteiger partial charge in [-0.1, -0.05) is 0 Å². The predicted molar refractivity (Wildman–Crippen MR) is 127 cm³/mol. The molecule has 34 heavy (non-hydrogen) atoms. The summed E-state index contributed by atoms with van der Waals surface area (Å²) in [5.41, 5.74) is 1.34. The maximum absolute atomic E-state index is 13.1. The summed E-state index contributed by atoms with van der Waals surface area (Å²) in [7, 11) is 1.74. The van der Waals surface area contributed by atoms with Crippen LogP contribution in [0.3, 0.4) is 0 Å². The molecule has 4 aliphatic heterocycles. The van der Waals surface area contributed by atoms with Crippen LogP contribution >= 0.6 is 11.3 Å². The standard InChI is InChI=1S/C21H28N10O2S/c1-26-21(33)29(10-7-27-5-8-28(9-6-27)15(32)12-14-2-3-14)20-25-18-17(31(20)26)16(24-13-30(18)22)19-23-4-11-34-19/h4,11,13-14,20H,2-3,5-10,12,22H2,1H3. The number of urea groups is 1. The SMILES string of the molecule is CN1C(=O)N(CCN2CCN(C(=O)CC3CC3)CC2)C2N=C3C(=C(c4nccs4)N=CN3N)N21. The van der Waals surface area contributed by atoms with E-state index in [1.54, 1.807) is 23.2 Å². The molecule has 1 saturated carbocycles. The van der Waals surface area contributed by atoms with Crippen molar-refractivity contribution < 1.29 is 9.59 Å². The third-order valence-corrected chi connectivity index (χ3v) is 7.76. The Labute approximate surface area is 201 Å². The maximum atomic E-state index is 13.1. The van der Waals surface area contributed by atoms with Gasteiger partial charge >= 0.3 is 6.03 Å². The van der Waals surface area contributed by atoms with Gasteiger partial charge in [0.2, 0.25) is 12.2 Å². The summed E-state index contributed by atoms with van der Waals surface area (Å²) in [6.45, 7) is 4.40. The Morgan fingerprint density at radius 2 is 2.00 bits per heavy atom. The van der Waals surface area contributed by atoms with E-state index in [9.17, 15) is 9.59 Å². The Bertz CT molecular complexity index is 1070. The fraction of sp³-hybridized carbons (Fsp3) is 0.571. The molecule has 0 aromatic carbocycles. The minimum atomic E-state index is -0.508. The normalized spacial score (nSPS) is 24.9. The number of hydrogen-bond acceptors (Lipinski definition) is 10. The van der Waals surface area contributed by atoms with E-state index >= 15 is 0 Å². The highest BCUT2D eigenvalue weighted by Gasteiger charge is 2.51. The molecule has 2 saturated heterocycles. The molecular formula is C21H28N10O2S. The predicted octanol–water partition coefficient (Wildman–Crippen LogP) is 0.254. The fourth-order valence-corrected chi connectivity index (χ4v) is 5.48. The smallest absolute Gasteiger partial charge is 0.340 e. The van der Waals surface area contributed by atoms with Crippen LogP contribution in [-0.2, 0) is 4.79 Å². The van der Waals surface area contributed by atoms with Crippen molar-refractivity contribution in [2.45, 2.75) is 25.6 Å². The molecule has 1 aromatic rings. The van der Waals surface area contributed by atoms with E-state index in [0.29, 0.717) is 36.1 Å². The lowest BCUT2D eigenvalue weighted by Gasteiger charge is -2.35. The third kappa shape index (κ3) is 3.63. The number of fused-ring (bicyclic) bond motifs is 3. The summed E-state index contributed by atoms with van der Waals surface area (Å²) in [6.07, 6.45) is 5.84. The number of rotatable bonds is 6. The number of hydrazine groups is 2. The van der Waals surface area contributed by atoms with Crippen LogP contribution < -0.4 is 5.84 Å². The monoisotopic (exact) mass is 484 g/mol. The van der Waals surface area contributed by atoms with Crippen molar-refractivity contribution in [3.05, 3.63) is 22.3 Å². The van der Waals surface area contributed by atoms with Gasteiger partial charge in [0.05, 0.1) is 0 Å². The van der Waals surface area contributed by atoms with Gasteiger partial charge in [-0.05, 0) is 18.8 Å². The number of aliphatic imine (C=N–C) groups is 2. The van der Waals surface area contributed by atoms with Crippen LogP contribution in [0.2, 0.25) is 0 Å². The average Bonchev–Trinajstić information content (AvgIpc) is 3.25. The summed E-state index contributed by atoms with van der Waals surface area (Å²) in [5.74, 6) is 7.61. The fourth-order valence-electron chi connectivity index (χ4n) is 4.84. The molecule has 13 heteroatoms. The van der Waals surface area contributed by atoms with Crippen LogP contribution in [0.15, 0.2) is 27.3 Å². The number of nitrogens with two attached hydrogens (primary N) is 1. The van der Waals surface area contributed by atoms with Gasteiger partial charge in [-0.15, -0.1) is 11.3 Å². The van der Waals surface area contributed by atoms with E-state index in [1.807, 2.05) is 15.3 Å². The van der Waals surface area contributed by atoms with Gasteiger partial charge in [-0.25, -0.2) is 40.6 Å². The Morgan fingerprint density at radius 3 is 2.71 bits per heavy atom. The largest absolute Gasteiger partial charge is 0.341 e. The molecule has 180 valence electrons. The second-order valence-electron chi connectivity index (χ2n) is 9.20. The molecule has 1 atom stereocenters. The second kappa shape index (κ2) is 8.32. The molecule has 1 aromatic heterocycles. The molecule has 0 radical (unpaired) electrons. The molecule has 1 unspecified atom stereocenters. The van der Waals surface area contributed by atoms with E-state index in [4.69, 9.17) is 10.8 Å². The number of hydrogen-bond donors (Lipinski definition) is 1. The van der Waals surface area contributed by atoms with Crippen molar-refractivity contribution in [1.29, 1.82) is 0 Å². The molecule has 1 aliphatic carbocycles. The summed E-state index contributed by atoms with van der Waals surface area (Å²) in [4.78, 5) is 45.3. The quantitative estimate of drug-likeness (QED) is 0.576. The summed E-state index contributed by atoms with van der Waals surface area (Å²) >= 11 is 1.48. The van der Waals surface area contributed by atoms with Crippen LogP contribution in [0.5, 0.6) is 0 Å². The van der Waals surface area contributed by atoms with E-state index in [1.165, 1.54) is 35.5 Å². The number of aromatic nitrogens is 1. The van der Waals surface area contributed by atoms with Crippen LogP contribution in [0, 0.1) is 5.92 Å². The van der Waals surface area contributed by atoms with Gasteiger partial charge in [-0.3, -0.25) is 14.6 Å². The van der Waals surface area contributed by atoms with Gasteiger partial charge in [0.1, 0.15) is 22.7 Å². The molecule has 0 spiro atoms. The zero-order chi connectivity index (χ0) is 23.4. The molecule has 3 amide bonds. The Hall–Kier alpha value is -3.03. The Morgan fingerprint density at radius 1 is 1.21 bits per heavy atom. The topological polar surface area (TPSA) is 117 Å². The van der Waals surface area contributed by atoms with Gasteiger partial charge in [0.15, 0.2) is 5.84 Å². The lowest BCUT2D eigenvalue weighted by atomic mass is 10.2. The molecule has 3 fully saturated rings. The van der Waals surface area contributed by atoms with E-state index in [0.717, 1.165) is 37.7 Å². The van der Waals surface area contributed by atoms with Crippen LogP contribution in [-0.4, -0.2) is 111 Å². The van der Waals surface area contributed by atoms with E-state index in [-0.39, 0.29) is 11.9 Å². The number of amidine groups is 1. The summed E-state index contributed by atoms with van der Waals surface area (Å²) in [5, 5.41) is 7.45. The van der Waals surface area contributed by atoms with Crippen LogP contribution in [0.25, 0.3) is 5.70 Å². The maximum Gasteiger partial charge on any atom is 0.341 e. The van der Waals surface area contributed by atoms with Crippen molar-refractivity contribution in [2.24, 2.45) is 21.7 Å². The molecular weight excluding hydrogens is 456 g/mol. The summed E-state index contributed by atoms with van der Waals surface area (Å²) < 4.78 is 0. The molecule has 5 heterocycles. The number of nitrogens with zero attached hydrogens (tertiary/aromatic N) is 9. The molecule has 6 rings (SSSR count). The number of thiazole rings is 1. The van der Waals surface area contributed by atoms with Crippen molar-refractivity contribution in [2.75, 3.05) is 46.3 Å². The Kier molecular flexibility index (Phi) is 5.26. The molecule has 2 N–H and O–H groups in total. The van der Waals surface area contributed by atoms with Gasteiger partial charge < -0.3 is 4.90 Å². The molecule has 0 bridgehead atoms. The third-order valence-electron chi connectivity index (χ3n) is 6.98. The zero-order valence-corrected chi connectivity index (χ0v) is 19.9. The first-order valence-corrected chi connectivity index (χ1v) is 12.5. The lowest BCUT2D eigenvalue weighted by molar-refractivity contribution is -0.133. The highest BCUT2D eigenvalue weighted by Crippen LogP contribution is 2.38. The minimum absolute atomic E-state index is 0.116. The number of carbonyl (C=O) groups excluding carboxylic acids is 2. The van der Waals surface area contributed by atoms with Gasteiger partial charge in [0.25, 0.3) is 0 Å². The van der Waals surface area contributed by atoms with Crippen LogP contribution in [0.1, 0.15) is 24.3 Å². The van der Waals surface area contributed by atoms with Crippen molar-refractivity contribution >= 4 is 41.1 Å². The van der Waals surface area contributed by atoms with E-state index in [2.05, 4.69) is 14.9 Å². The number of piperazine rings is 1. The van der Waals surface area contributed by atoms with Gasteiger partial charge in [-0.2, -0.15) is 0 Å². The van der Waals surface area contributed by atoms with Crippen molar-refractivity contribution in [3.8, 4) is 0 Å². The zero-order valence-electron chi connectivity index (χ0n) is 19.1. The van der Waals surface area contributed by atoms with E-state index < -0.39 is 6.29 Å². The highest BCUT2D eigenvalue weighted by molar-refractivity contribution is 7.10. The van der Waals surface area contributed by atoms with Crippen LogP contribution in [0.4, 0.5) is 4.79 Å². The Balaban J connectivity index is 1.14. The summed E-state index contributed by atoms with van der Waals surface area (Å²) in [6, 6.07) is -0.116. The first-order chi connectivity index (χ1) is 16.5. The number of amides is 3. The van der Waals surface area contributed by atoms with Gasteiger partial charge in [0, 0.05) is 64.3 Å². The average molecular weight is 485 g/mol. The molecule has 12 nitrogen and oxygen atoms in total. The minimum Gasteiger partial charge on any atom is -0.340 e. The first kappa shape index (κ1) is 21.5. The number of carbonyl (C=O) groups is 2. The van der Waals surface area contributed by atoms with Crippen molar-refractivity contribution in [3.63, 3.8) is 0 Å². The first-order valence-electron chi connectivity index (χ1n) is 11.7. The highest BCUT2D eigenvalue weighted by atomic mass is 32.1.